The summed E-state index contributed by atoms with van der Waals surface area (Å²) in [6.07, 6.45) is 0.738. The van der Waals surface area contributed by atoms with Crippen molar-refractivity contribution >= 4 is 35.2 Å². The van der Waals surface area contributed by atoms with Crippen LogP contribution in [0, 0.1) is 0 Å². The number of aliphatic carboxylic acids is 1. The van der Waals surface area contributed by atoms with Crippen molar-refractivity contribution in [3.63, 3.8) is 0 Å². The number of benzene rings is 1. The van der Waals surface area contributed by atoms with E-state index < -0.39 is 5.97 Å². The highest BCUT2D eigenvalue weighted by Crippen LogP contribution is 2.23. The molecule has 18 heavy (non-hydrogen) atoms. The summed E-state index contributed by atoms with van der Waals surface area (Å²) in [5, 5.41) is 15.1. The molecule has 0 aliphatic carbocycles. The molecule has 96 valence electrons. The van der Waals surface area contributed by atoms with Crippen LogP contribution in [0.3, 0.4) is 0 Å². The summed E-state index contributed by atoms with van der Waals surface area (Å²) in [5.41, 5.74) is 4.45. The third-order valence-electron chi connectivity index (χ3n) is 2.17. The molecule has 1 rings (SSSR count). The van der Waals surface area contributed by atoms with Gasteiger partial charge in [-0.2, -0.15) is 5.10 Å². The molecule has 0 amide bonds. The van der Waals surface area contributed by atoms with Crippen LogP contribution in [0.15, 0.2) is 29.4 Å². The maximum Gasteiger partial charge on any atom is 0.348 e. The minimum Gasteiger partial charge on any atom is -0.477 e. The minimum absolute atomic E-state index is 0.251. The average molecular weight is 265 g/mol. The molecule has 0 saturated heterocycles. The van der Waals surface area contributed by atoms with E-state index in [1.54, 1.807) is 0 Å². The number of carboxylic acids is 1. The third kappa shape index (κ3) is 4.50. The Kier molecular flexibility index (Phi) is 5.26. The van der Waals surface area contributed by atoms with Gasteiger partial charge in [-0.1, -0.05) is 32.0 Å². The first-order chi connectivity index (χ1) is 8.50. The van der Waals surface area contributed by atoms with Crippen molar-refractivity contribution in [2.75, 3.05) is 5.32 Å². The Bertz CT molecular complexity index is 472. The van der Waals surface area contributed by atoms with Crippen LogP contribution in [0.4, 0.5) is 5.69 Å². The lowest BCUT2D eigenvalue weighted by atomic mass is 10.0. The van der Waals surface area contributed by atoms with E-state index in [0.717, 1.165) is 17.5 Å². The number of hydrogen-bond donors (Lipinski definition) is 3. The van der Waals surface area contributed by atoms with Gasteiger partial charge < -0.3 is 10.4 Å². The fourth-order valence-electron chi connectivity index (χ4n) is 1.41. The second-order valence-electron chi connectivity index (χ2n) is 3.90. The molecule has 3 N–H and O–H groups in total. The Balaban J connectivity index is 2.67. The Morgan fingerprint density at radius 1 is 1.44 bits per heavy atom. The molecule has 5 nitrogen and oxygen atoms in total. The van der Waals surface area contributed by atoms with Crippen LogP contribution in [0.25, 0.3) is 0 Å². The summed E-state index contributed by atoms with van der Waals surface area (Å²) in [5.74, 6) is -0.771. The first-order valence-electron chi connectivity index (χ1n) is 5.42. The second kappa shape index (κ2) is 6.70. The summed E-state index contributed by atoms with van der Waals surface area (Å²) in [6, 6.07) is 7.78. The molecule has 0 unspecified atom stereocenters. The fraction of sp³-hybridized carbons (Fsp3) is 0.250. The molecule has 0 radical (unpaired) electrons. The molecule has 0 saturated carbocycles. The Labute approximate surface area is 111 Å². The van der Waals surface area contributed by atoms with E-state index in [9.17, 15) is 4.79 Å². The van der Waals surface area contributed by atoms with Crippen molar-refractivity contribution in [3.8, 4) is 0 Å². The number of nitrogens with one attached hydrogen (secondary N) is 2. The van der Waals surface area contributed by atoms with E-state index in [2.05, 4.69) is 29.7 Å². The molecule has 0 atom stereocenters. The summed E-state index contributed by atoms with van der Waals surface area (Å²) in [6.45, 7) is 4.17. The lowest BCUT2D eigenvalue weighted by molar-refractivity contribution is -0.128. The van der Waals surface area contributed by atoms with Crippen molar-refractivity contribution in [2.24, 2.45) is 5.10 Å². The van der Waals surface area contributed by atoms with Crippen molar-refractivity contribution in [3.05, 3.63) is 29.8 Å². The number of nitrogens with zero attached hydrogens (tertiary/aromatic N) is 1. The van der Waals surface area contributed by atoms with Gasteiger partial charge in [-0.15, -0.1) is 0 Å². The van der Waals surface area contributed by atoms with Gasteiger partial charge in [0.15, 0.2) is 5.11 Å². The molecule has 0 bridgehead atoms. The molecule has 0 aliphatic rings. The van der Waals surface area contributed by atoms with Crippen molar-refractivity contribution in [1.82, 2.24) is 5.43 Å². The van der Waals surface area contributed by atoms with Gasteiger partial charge in [0.05, 0.1) is 0 Å². The van der Waals surface area contributed by atoms with Gasteiger partial charge in [0.1, 0.15) is 6.21 Å². The number of para-hydroxylation sites is 1. The maximum atomic E-state index is 10.2. The number of hydrazone groups is 1. The number of hydrogen-bond acceptors (Lipinski definition) is 3. The predicted octanol–water partition coefficient (Wildman–Crippen LogP) is 2.17. The highest BCUT2D eigenvalue weighted by Gasteiger charge is 2.06. The first-order valence-corrected chi connectivity index (χ1v) is 5.83. The zero-order valence-corrected chi connectivity index (χ0v) is 11.0. The highest BCUT2D eigenvalue weighted by molar-refractivity contribution is 7.80. The normalized spacial score (nSPS) is 10.6. The van der Waals surface area contributed by atoms with E-state index in [1.807, 2.05) is 24.3 Å². The Morgan fingerprint density at radius 2 is 2.11 bits per heavy atom. The molecular formula is C12H15N3O2S. The van der Waals surface area contributed by atoms with E-state index in [4.69, 9.17) is 17.3 Å². The van der Waals surface area contributed by atoms with Crippen LogP contribution in [-0.4, -0.2) is 22.4 Å². The molecule has 1 aromatic rings. The summed E-state index contributed by atoms with van der Waals surface area (Å²) in [4.78, 5) is 10.2. The van der Waals surface area contributed by atoms with Crippen LogP contribution in [0.1, 0.15) is 25.3 Å². The minimum atomic E-state index is -1.13. The highest BCUT2D eigenvalue weighted by atomic mass is 32.1. The average Bonchev–Trinajstić information content (AvgIpc) is 2.28. The van der Waals surface area contributed by atoms with Crippen LogP contribution in [0.5, 0.6) is 0 Å². The molecule has 6 heteroatoms. The molecular weight excluding hydrogens is 250 g/mol. The van der Waals surface area contributed by atoms with Crippen molar-refractivity contribution < 1.29 is 9.90 Å². The monoisotopic (exact) mass is 265 g/mol. The van der Waals surface area contributed by atoms with Crippen LogP contribution in [-0.2, 0) is 4.79 Å². The van der Waals surface area contributed by atoms with Gasteiger partial charge in [-0.05, 0) is 29.8 Å². The van der Waals surface area contributed by atoms with E-state index in [-0.39, 0.29) is 5.11 Å². The van der Waals surface area contributed by atoms with Gasteiger partial charge in [0.2, 0.25) is 0 Å². The van der Waals surface area contributed by atoms with Crippen LogP contribution < -0.4 is 10.7 Å². The Hall–Kier alpha value is -1.95. The molecule has 0 aromatic heterocycles. The molecule has 1 aromatic carbocycles. The SMILES string of the molecule is CC(C)c1ccccc1NC(=S)N/N=C/C(=O)O. The standard InChI is InChI=1S/C12H15N3O2S/c1-8(2)9-5-3-4-6-10(9)14-12(18)15-13-7-11(16)17/h3-8H,1-2H3,(H,16,17)(H2,14,15,18)/b13-7+. The van der Waals surface area contributed by atoms with E-state index in [1.165, 1.54) is 0 Å². The van der Waals surface area contributed by atoms with Gasteiger partial charge in [-0.3, -0.25) is 5.43 Å². The van der Waals surface area contributed by atoms with Gasteiger partial charge in [-0.25, -0.2) is 4.79 Å². The van der Waals surface area contributed by atoms with Gasteiger partial charge >= 0.3 is 5.97 Å². The second-order valence-corrected chi connectivity index (χ2v) is 4.31. The fourth-order valence-corrected chi connectivity index (χ4v) is 1.57. The zero-order chi connectivity index (χ0) is 13.5. The molecule has 0 fully saturated rings. The zero-order valence-electron chi connectivity index (χ0n) is 10.2. The summed E-state index contributed by atoms with van der Waals surface area (Å²) >= 11 is 5.01. The van der Waals surface area contributed by atoms with E-state index in [0.29, 0.717) is 5.92 Å². The predicted molar refractivity (Wildman–Crippen MR) is 76.0 cm³/mol. The quantitative estimate of drug-likeness (QED) is 0.442. The number of carbonyl (C=O) groups is 1. The van der Waals surface area contributed by atoms with Gasteiger partial charge in [0, 0.05) is 5.69 Å². The lowest BCUT2D eigenvalue weighted by Crippen LogP contribution is -2.25. The molecule has 0 spiro atoms. The van der Waals surface area contributed by atoms with Crippen LogP contribution in [0.2, 0.25) is 0 Å². The first kappa shape index (κ1) is 14.1. The maximum absolute atomic E-state index is 10.2. The number of thiocarbonyl (C=S) groups is 1. The number of anilines is 1. The Morgan fingerprint density at radius 3 is 2.72 bits per heavy atom. The molecule has 0 aliphatic heterocycles. The number of carboxylic acid groups (broad SMARTS) is 1. The number of rotatable bonds is 4. The topological polar surface area (TPSA) is 73.7 Å². The van der Waals surface area contributed by atoms with Crippen molar-refractivity contribution in [2.45, 2.75) is 19.8 Å². The largest absolute Gasteiger partial charge is 0.477 e. The van der Waals surface area contributed by atoms with Crippen molar-refractivity contribution in [1.29, 1.82) is 0 Å². The lowest BCUT2D eigenvalue weighted by Gasteiger charge is -2.14. The summed E-state index contributed by atoms with van der Waals surface area (Å²) in [7, 11) is 0. The third-order valence-corrected chi connectivity index (χ3v) is 2.37. The smallest absolute Gasteiger partial charge is 0.348 e. The van der Waals surface area contributed by atoms with E-state index >= 15 is 0 Å². The van der Waals surface area contributed by atoms with Gasteiger partial charge in [0.25, 0.3) is 0 Å². The van der Waals surface area contributed by atoms with Crippen LogP contribution >= 0.6 is 12.2 Å². The summed E-state index contributed by atoms with van der Waals surface area (Å²) < 4.78 is 0. The molecule has 0 heterocycles.